The van der Waals surface area contributed by atoms with Gasteiger partial charge >= 0.3 is 5.63 Å². The quantitative estimate of drug-likeness (QED) is 0.439. The number of hydrogen-bond acceptors (Lipinski definition) is 8. The minimum absolute atomic E-state index is 0.111. The fourth-order valence-electron chi connectivity index (χ4n) is 3.24. The minimum atomic E-state index is -0.461. The molecule has 1 aliphatic rings. The van der Waals surface area contributed by atoms with Crippen LogP contribution in [0.3, 0.4) is 0 Å². The summed E-state index contributed by atoms with van der Waals surface area (Å²) >= 11 is 9.04. The number of aromatic nitrogens is 2. The molecular weight excluding hydrogens is 406 g/mol. The summed E-state index contributed by atoms with van der Waals surface area (Å²) in [6.45, 7) is 0. The second-order valence-corrected chi connectivity index (χ2v) is 9.14. The van der Waals surface area contributed by atoms with Crippen LogP contribution in [0.1, 0.15) is 37.7 Å². The maximum atomic E-state index is 11.8. The first kappa shape index (κ1) is 18.6. The average molecular weight is 424 g/mol. The molecule has 4 rings (SSSR count). The van der Waals surface area contributed by atoms with Crippen molar-refractivity contribution in [2.24, 2.45) is 0 Å². The summed E-state index contributed by atoms with van der Waals surface area (Å²) in [5.74, 6) is 0.418. The number of aromatic hydroxyl groups is 1. The summed E-state index contributed by atoms with van der Waals surface area (Å²) in [6, 6.07) is 4.92. The van der Waals surface area contributed by atoms with Gasteiger partial charge in [0.05, 0.1) is 5.02 Å². The Morgan fingerprint density at radius 2 is 2.07 bits per heavy atom. The number of phenolic OH excluding ortho intramolecular Hbond substituents is 1. The topological polar surface area (TPSA) is 88.2 Å². The minimum Gasteiger partial charge on any atom is -0.506 e. The SMILES string of the molecule is O=c1cc(CSc2nnc(NC3CCCCC3)s2)c2cc(Cl)c(O)cc2o1. The lowest BCUT2D eigenvalue weighted by atomic mass is 9.96. The fraction of sp³-hybridized carbons (Fsp3) is 0.389. The molecule has 0 radical (unpaired) electrons. The maximum Gasteiger partial charge on any atom is 0.336 e. The Morgan fingerprint density at radius 1 is 1.26 bits per heavy atom. The zero-order chi connectivity index (χ0) is 18.8. The number of nitrogens with zero attached hydrogens (tertiary/aromatic N) is 2. The molecule has 2 heterocycles. The number of rotatable bonds is 5. The van der Waals surface area contributed by atoms with Gasteiger partial charge in [-0.2, -0.15) is 0 Å². The monoisotopic (exact) mass is 423 g/mol. The zero-order valence-corrected chi connectivity index (χ0v) is 16.8. The summed E-state index contributed by atoms with van der Waals surface area (Å²) in [5.41, 5.74) is 0.638. The highest BCUT2D eigenvalue weighted by Crippen LogP contribution is 2.34. The molecule has 1 aliphatic carbocycles. The Hall–Kier alpha value is -1.77. The molecule has 2 N–H and O–H groups in total. The molecule has 0 aliphatic heterocycles. The van der Waals surface area contributed by atoms with Crippen molar-refractivity contribution in [3.63, 3.8) is 0 Å². The van der Waals surface area contributed by atoms with Gasteiger partial charge in [0, 0.05) is 29.3 Å². The third-order valence-corrected chi connectivity index (χ3v) is 6.93. The molecule has 1 fully saturated rings. The van der Waals surface area contributed by atoms with Crippen molar-refractivity contribution in [2.75, 3.05) is 5.32 Å². The predicted octanol–water partition coefficient (Wildman–Crippen LogP) is 5.04. The van der Waals surface area contributed by atoms with Gasteiger partial charge in [0.2, 0.25) is 5.13 Å². The van der Waals surface area contributed by atoms with E-state index in [-0.39, 0.29) is 10.8 Å². The highest BCUT2D eigenvalue weighted by molar-refractivity contribution is 8.00. The highest BCUT2D eigenvalue weighted by Gasteiger charge is 2.16. The van der Waals surface area contributed by atoms with Gasteiger partial charge in [0.15, 0.2) is 4.34 Å². The average Bonchev–Trinajstić information content (AvgIpc) is 3.09. The molecule has 0 amide bonds. The Labute approximate surface area is 169 Å². The maximum absolute atomic E-state index is 11.8. The van der Waals surface area contributed by atoms with Gasteiger partial charge in [0.1, 0.15) is 11.3 Å². The molecule has 27 heavy (non-hydrogen) atoms. The van der Waals surface area contributed by atoms with Crippen molar-refractivity contribution in [3.05, 3.63) is 39.2 Å². The van der Waals surface area contributed by atoms with Crippen LogP contribution in [0.5, 0.6) is 5.75 Å². The summed E-state index contributed by atoms with van der Waals surface area (Å²) in [6.07, 6.45) is 6.21. The van der Waals surface area contributed by atoms with Gasteiger partial charge in [-0.05, 0) is 24.5 Å². The number of anilines is 1. The van der Waals surface area contributed by atoms with Crippen molar-refractivity contribution < 1.29 is 9.52 Å². The van der Waals surface area contributed by atoms with Crippen molar-refractivity contribution in [1.82, 2.24) is 10.2 Å². The van der Waals surface area contributed by atoms with E-state index in [0.29, 0.717) is 22.8 Å². The number of benzene rings is 1. The Balaban J connectivity index is 1.49. The number of fused-ring (bicyclic) bond motifs is 1. The number of phenols is 1. The van der Waals surface area contributed by atoms with Crippen molar-refractivity contribution >= 4 is 50.8 Å². The first-order valence-corrected chi connectivity index (χ1v) is 10.9. The number of halogens is 1. The van der Waals surface area contributed by atoms with Crippen molar-refractivity contribution in [2.45, 2.75) is 48.2 Å². The summed E-state index contributed by atoms with van der Waals surface area (Å²) in [5, 5.41) is 23.4. The first-order chi connectivity index (χ1) is 13.1. The zero-order valence-electron chi connectivity index (χ0n) is 14.4. The fourth-order valence-corrected chi connectivity index (χ4v) is 5.23. The molecular formula is C18H18ClN3O3S2. The first-order valence-electron chi connectivity index (χ1n) is 8.76. The van der Waals surface area contributed by atoms with E-state index < -0.39 is 5.63 Å². The second kappa shape index (κ2) is 8.08. The van der Waals surface area contributed by atoms with Crippen LogP contribution < -0.4 is 10.9 Å². The summed E-state index contributed by atoms with van der Waals surface area (Å²) in [7, 11) is 0. The lowest BCUT2D eigenvalue weighted by Gasteiger charge is -2.21. The van der Waals surface area contributed by atoms with Crippen LogP contribution in [0.2, 0.25) is 5.02 Å². The summed E-state index contributed by atoms with van der Waals surface area (Å²) in [4.78, 5) is 11.8. The van der Waals surface area contributed by atoms with Gasteiger partial charge in [-0.15, -0.1) is 10.2 Å². The normalized spacial score (nSPS) is 15.3. The molecule has 0 unspecified atom stereocenters. The van der Waals surface area contributed by atoms with Gasteiger partial charge in [-0.25, -0.2) is 4.79 Å². The van der Waals surface area contributed by atoms with E-state index in [2.05, 4.69) is 15.5 Å². The van der Waals surface area contributed by atoms with E-state index in [1.807, 2.05) is 0 Å². The molecule has 142 valence electrons. The van der Waals surface area contributed by atoms with Crippen LogP contribution in [-0.4, -0.2) is 21.3 Å². The van der Waals surface area contributed by atoms with Crippen LogP contribution in [0, 0.1) is 0 Å². The largest absolute Gasteiger partial charge is 0.506 e. The molecule has 0 saturated heterocycles. The summed E-state index contributed by atoms with van der Waals surface area (Å²) < 4.78 is 5.99. The van der Waals surface area contributed by atoms with Gasteiger partial charge < -0.3 is 14.8 Å². The third-order valence-electron chi connectivity index (χ3n) is 4.59. The molecule has 0 bridgehead atoms. The molecule has 0 atom stereocenters. The standard InChI is InChI=1S/C18H18ClN3O3S2/c19-13-7-12-10(6-16(24)25-15(12)8-14(13)23)9-26-18-22-21-17(27-18)20-11-4-2-1-3-5-11/h6-8,11,23H,1-5,9H2,(H,20,21). The van der Waals surface area contributed by atoms with E-state index in [0.717, 1.165) is 15.0 Å². The number of hydrogen-bond donors (Lipinski definition) is 2. The number of thioether (sulfide) groups is 1. The Kier molecular flexibility index (Phi) is 5.56. The van der Waals surface area contributed by atoms with Crippen molar-refractivity contribution in [1.29, 1.82) is 0 Å². The van der Waals surface area contributed by atoms with Crippen LogP contribution in [-0.2, 0) is 5.75 Å². The lowest BCUT2D eigenvalue weighted by Crippen LogP contribution is -2.21. The van der Waals surface area contributed by atoms with Gasteiger partial charge in [0.25, 0.3) is 0 Å². The number of nitrogens with one attached hydrogen (secondary N) is 1. The Bertz CT molecular complexity index is 1010. The van der Waals surface area contributed by atoms with Crippen LogP contribution in [0.4, 0.5) is 5.13 Å². The molecule has 6 nitrogen and oxygen atoms in total. The molecule has 3 aromatic rings. The van der Waals surface area contributed by atoms with E-state index in [4.69, 9.17) is 16.0 Å². The van der Waals surface area contributed by atoms with E-state index in [9.17, 15) is 9.90 Å². The van der Waals surface area contributed by atoms with E-state index in [1.165, 1.54) is 67.3 Å². The van der Waals surface area contributed by atoms with Crippen molar-refractivity contribution in [3.8, 4) is 5.75 Å². The predicted molar refractivity (Wildman–Crippen MR) is 109 cm³/mol. The highest BCUT2D eigenvalue weighted by atomic mass is 35.5. The Morgan fingerprint density at radius 3 is 2.89 bits per heavy atom. The second-order valence-electron chi connectivity index (χ2n) is 6.53. The lowest BCUT2D eigenvalue weighted by molar-refractivity contribution is 0.462. The van der Waals surface area contributed by atoms with Gasteiger partial charge in [-0.3, -0.25) is 0 Å². The van der Waals surface area contributed by atoms with Crippen LogP contribution in [0.25, 0.3) is 11.0 Å². The van der Waals surface area contributed by atoms with Crippen LogP contribution >= 0.6 is 34.7 Å². The molecule has 1 saturated carbocycles. The molecule has 2 aromatic heterocycles. The van der Waals surface area contributed by atoms with E-state index >= 15 is 0 Å². The molecule has 1 aromatic carbocycles. The third kappa shape index (κ3) is 4.39. The molecule has 9 heteroatoms. The van der Waals surface area contributed by atoms with Crippen LogP contribution in [0.15, 0.2) is 31.8 Å². The van der Waals surface area contributed by atoms with E-state index in [1.54, 1.807) is 6.07 Å². The van der Waals surface area contributed by atoms with Gasteiger partial charge in [-0.1, -0.05) is 54.0 Å². The smallest absolute Gasteiger partial charge is 0.336 e. The molecule has 0 spiro atoms.